The van der Waals surface area contributed by atoms with Crippen molar-refractivity contribution in [2.45, 2.75) is 69.5 Å². The van der Waals surface area contributed by atoms with Crippen molar-refractivity contribution in [1.29, 1.82) is 0 Å². The maximum absolute atomic E-state index is 2.72. The zero-order valence-corrected chi connectivity index (χ0v) is 28.6. The first-order chi connectivity index (χ1) is 23.0. The van der Waals surface area contributed by atoms with Crippen molar-refractivity contribution in [1.82, 2.24) is 4.90 Å². The summed E-state index contributed by atoms with van der Waals surface area (Å²) in [5.41, 5.74) is 18.3. The van der Waals surface area contributed by atoms with E-state index in [2.05, 4.69) is 170 Å². The number of nitrogens with zero attached hydrogens (tertiary/aromatic N) is 5. The molecular weight excluding hydrogens is 587 g/mol. The Labute approximate surface area is 282 Å². The number of likely N-dealkylation sites (N-methyl/N-ethyl adjacent to an activating group) is 1. The summed E-state index contributed by atoms with van der Waals surface area (Å²) in [4.78, 5) is 10.4. The highest BCUT2D eigenvalue weighted by molar-refractivity contribution is 6.03. The molecule has 0 saturated carbocycles. The quantitative estimate of drug-likeness (QED) is 0.160. The van der Waals surface area contributed by atoms with Crippen LogP contribution in [0.2, 0.25) is 0 Å². The van der Waals surface area contributed by atoms with Crippen LogP contribution in [0.5, 0.6) is 0 Å². The molecule has 2 unspecified atom stereocenters. The van der Waals surface area contributed by atoms with E-state index < -0.39 is 5.54 Å². The van der Waals surface area contributed by atoms with Gasteiger partial charge in [-0.25, -0.2) is 4.57 Å². The van der Waals surface area contributed by atoms with Gasteiger partial charge in [0.2, 0.25) is 5.54 Å². The van der Waals surface area contributed by atoms with Crippen LogP contribution in [0.3, 0.4) is 0 Å². The van der Waals surface area contributed by atoms with Gasteiger partial charge in [-0.1, -0.05) is 90.1 Å². The Morgan fingerprint density at radius 2 is 1.10 bits per heavy atom. The smallest absolute Gasteiger partial charge is 0.292 e. The number of fused-ring (bicyclic) bond motifs is 5. The Morgan fingerprint density at radius 3 is 1.88 bits per heavy atom. The summed E-state index contributed by atoms with van der Waals surface area (Å²) >= 11 is 0. The van der Waals surface area contributed by atoms with Crippen LogP contribution in [-0.2, 0) is 21.8 Å². The van der Waals surface area contributed by atoms with E-state index in [1.165, 1.54) is 84.4 Å². The Kier molecular flexibility index (Phi) is 3.97. The SMILES string of the molecule is CN1C=CN2c3ccc4c5c3C3(c6c(ccc7c6N6c8c(cccc8C(C)(C)c8ccc[n+]3c86)C7(C)C)N5c3ccccc3C4(C)C)C12. The summed E-state index contributed by atoms with van der Waals surface area (Å²) in [6.07, 6.45) is 7.06. The molecule has 1 aromatic heterocycles. The van der Waals surface area contributed by atoms with Gasteiger partial charge in [0.1, 0.15) is 11.4 Å². The molecule has 8 heterocycles. The average Bonchev–Trinajstić information content (AvgIpc) is 3.60. The van der Waals surface area contributed by atoms with E-state index in [1.807, 2.05) is 0 Å². The van der Waals surface area contributed by atoms with E-state index in [0.717, 1.165) is 0 Å². The second-order valence-corrected chi connectivity index (χ2v) is 16.6. The van der Waals surface area contributed by atoms with Crippen molar-refractivity contribution in [3.63, 3.8) is 0 Å². The molecule has 0 radical (unpaired) electrons. The largest absolute Gasteiger partial charge is 0.354 e. The number of pyridine rings is 1. The molecule has 0 fully saturated rings. The number of anilines is 7. The molecule has 7 aliphatic rings. The van der Waals surface area contributed by atoms with E-state index in [4.69, 9.17) is 0 Å². The molecule has 12 rings (SSSR count). The Bertz CT molecular complexity index is 2430. The van der Waals surface area contributed by atoms with Gasteiger partial charge in [0.25, 0.3) is 5.82 Å². The first-order valence-corrected chi connectivity index (χ1v) is 17.5. The molecule has 0 N–H and O–H groups in total. The molecule has 5 nitrogen and oxygen atoms in total. The van der Waals surface area contributed by atoms with Crippen LogP contribution in [0.15, 0.2) is 97.5 Å². The molecule has 234 valence electrons. The Morgan fingerprint density at radius 1 is 0.521 bits per heavy atom. The summed E-state index contributed by atoms with van der Waals surface area (Å²) in [5, 5.41) is 0. The summed E-state index contributed by atoms with van der Waals surface area (Å²) in [7, 11) is 2.28. The molecular formula is C43H38N5+. The topological polar surface area (TPSA) is 16.8 Å². The van der Waals surface area contributed by atoms with Gasteiger partial charge in [0, 0.05) is 52.4 Å². The molecule has 1 spiro atoms. The molecule has 48 heavy (non-hydrogen) atoms. The molecule has 0 bridgehead atoms. The van der Waals surface area contributed by atoms with Crippen molar-refractivity contribution in [2.24, 2.45) is 0 Å². The maximum atomic E-state index is 2.72. The predicted molar refractivity (Wildman–Crippen MR) is 192 cm³/mol. The van der Waals surface area contributed by atoms with Gasteiger partial charge in [-0.05, 0) is 41.5 Å². The van der Waals surface area contributed by atoms with Crippen molar-refractivity contribution in [2.75, 3.05) is 21.7 Å². The van der Waals surface area contributed by atoms with Gasteiger partial charge in [0.05, 0.1) is 45.6 Å². The second kappa shape index (κ2) is 7.34. The van der Waals surface area contributed by atoms with E-state index in [0.29, 0.717) is 0 Å². The normalized spacial score (nSPS) is 24.7. The summed E-state index contributed by atoms with van der Waals surface area (Å²) in [6.45, 7) is 14.6. The Hall–Kier alpha value is -5.03. The predicted octanol–water partition coefficient (Wildman–Crippen LogP) is 8.81. The zero-order valence-electron chi connectivity index (χ0n) is 28.6. The van der Waals surface area contributed by atoms with Gasteiger partial charge < -0.3 is 14.7 Å². The van der Waals surface area contributed by atoms with Crippen LogP contribution in [-0.4, -0.2) is 18.1 Å². The van der Waals surface area contributed by atoms with Gasteiger partial charge in [-0.15, -0.1) is 0 Å². The Balaban J connectivity index is 1.36. The van der Waals surface area contributed by atoms with Crippen molar-refractivity contribution in [3.8, 4) is 0 Å². The molecule has 0 aliphatic carbocycles. The summed E-state index contributed by atoms with van der Waals surface area (Å²) < 4.78 is 2.72. The van der Waals surface area contributed by atoms with Gasteiger partial charge in [0.15, 0.2) is 6.17 Å². The third-order valence-corrected chi connectivity index (χ3v) is 13.5. The third kappa shape index (κ3) is 2.29. The highest BCUT2D eigenvalue weighted by Crippen LogP contribution is 2.72. The summed E-state index contributed by atoms with van der Waals surface area (Å²) in [5.74, 6) is 1.32. The fourth-order valence-electron chi connectivity index (χ4n) is 11.4. The minimum absolute atomic E-state index is 0.0510. The lowest BCUT2D eigenvalue weighted by Gasteiger charge is -2.55. The number of aromatic nitrogens is 1. The molecule has 2 atom stereocenters. The molecule has 5 heteroatoms. The lowest BCUT2D eigenvalue weighted by atomic mass is 9.62. The number of rotatable bonds is 0. The first kappa shape index (κ1) is 26.0. The number of benzene rings is 4. The number of hydrogen-bond acceptors (Lipinski definition) is 4. The second-order valence-electron chi connectivity index (χ2n) is 16.6. The van der Waals surface area contributed by atoms with Crippen LogP contribution < -0.4 is 19.3 Å². The van der Waals surface area contributed by atoms with E-state index in [9.17, 15) is 0 Å². The van der Waals surface area contributed by atoms with Crippen molar-refractivity contribution < 1.29 is 4.57 Å². The van der Waals surface area contributed by atoms with Gasteiger partial charge >= 0.3 is 0 Å². The van der Waals surface area contributed by atoms with E-state index >= 15 is 0 Å². The number of para-hydroxylation sites is 2. The average molecular weight is 625 g/mol. The standard InChI is InChI=1S/C43H38N5/c1-40(2)24-12-8-9-16-30(24)47-32-20-18-28-37-34(32)43(33-31(19-17-27(40)36(33)47)45-23-22-44(7)39(43)45)46-21-11-15-29-38(46)48(37)35-25(41(28,3)4)13-10-14-26(35)42(29,5)6/h8-23,39H,1-7H3/q+1. The molecule has 5 aromatic rings. The monoisotopic (exact) mass is 624 g/mol. The van der Waals surface area contributed by atoms with Crippen LogP contribution >= 0.6 is 0 Å². The lowest BCUT2D eigenvalue weighted by Crippen LogP contribution is -2.72. The summed E-state index contributed by atoms with van der Waals surface area (Å²) in [6, 6.07) is 30.7. The highest BCUT2D eigenvalue weighted by Gasteiger charge is 2.71. The zero-order chi connectivity index (χ0) is 32.4. The van der Waals surface area contributed by atoms with Crippen LogP contribution in [0.1, 0.15) is 86.1 Å². The molecule has 0 saturated heterocycles. The molecule has 4 aromatic carbocycles. The van der Waals surface area contributed by atoms with Gasteiger partial charge in [-0.3, -0.25) is 0 Å². The van der Waals surface area contributed by atoms with Crippen LogP contribution in [0, 0.1) is 0 Å². The minimum Gasteiger partial charge on any atom is -0.354 e. The van der Waals surface area contributed by atoms with E-state index in [1.54, 1.807) is 0 Å². The van der Waals surface area contributed by atoms with E-state index in [-0.39, 0.29) is 22.4 Å². The van der Waals surface area contributed by atoms with Crippen molar-refractivity contribution in [3.05, 3.63) is 142 Å². The fourth-order valence-corrected chi connectivity index (χ4v) is 11.4. The van der Waals surface area contributed by atoms with Gasteiger partial charge in [-0.2, -0.15) is 4.90 Å². The fraction of sp³-hybridized carbons (Fsp3) is 0.279. The third-order valence-electron chi connectivity index (χ3n) is 13.5. The minimum atomic E-state index is -0.490. The van der Waals surface area contributed by atoms with Crippen molar-refractivity contribution >= 4 is 39.9 Å². The van der Waals surface area contributed by atoms with Crippen LogP contribution in [0.4, 0.5) is 39.9 Å². The first-order valence-electron chi connectivity index (χ1n) is 17.5. The highest BCUT2D eigenvalue weighted by atomic mass is 15.5. The number of hydrogen-bond donors (Lipinski definition) is 0. The molecule has 7 aliphatic heterocycles. The van der Waals surface area contributed by atoms with Crippen LogP contribution in [0.25, 0.3) is 0 Å². The maximum Gasteiger partial charge on any atom is 0.292 e. The lowest BCUT2D eigenvalue weighted by molar-refractivity contribution is -0.737. The molecule has 0 amide bonds.